The van der Waals surface area contributed by atoms with Gasteiger partial charge in [0.2, 0.25) is 0 Å². The van der Waals surface area contributed by atoms with Gasteiger partial charge in [-0.05, 0) is 75.4 Å². The van der Waals surface area contributed by atoms with Gasteiger partial charge in [-0.2, -0.15) is 5.10 Å². The topological polar surface area (TPSA) is 38.4 Å². The van der Waals surface area contributed by atoms with E-state index in [2.05, 4.69) is 156 Å². The molecule has 252 valence electrons. The number of hydrazone groups is 1. The quantitative estimate of drug-likeness (QED) is 0.0738. The van der Waals surface area contributed by atoms with Crippen molar-refractivity contribution in [3.63, 3.8) is 0 Å². The van der Waals surface area contributed by atoms with Crippen LogP contribution in [0.3, 0.4) is 0 Å². The van der Waals surface area contributed by atoms with Gasteiger partial charge in [0.25, 0.3) is 0 Å². The Morgan fingerprint density at radius 1 is 0.519 bits per heavy atom. The second-order valence-electron chi connectivity index (χ2n) is 13.8. The average molecular weight is 707 g/mol. The lowest BCUT2D eigenvalue weighted by Gasteiger charge is -2.24. The number of hydrogen-bond acceptors (Lipinski definition) is 4. The van der Waals surface area contributed by atoms with Crippen LogP contribution in [-0.2, 0) is 22.3 Å². The van der Waals surface area contributed by atoms with Crippen molar-refractivity contribution in [1.82, 2.24) is 0 Å². The molecule has 2 N–H and O–H groups in total. The predicted octanol–water partition coefficient (Wildman–Crippen LogP) is 12.0. The first-order valence-corrected chi connectivity index (χ1v) is 19.3. The zero-order valence-electron chi connectivity index (χ0n) is 28.8. The summed E-state index contributed by atoms with van der Waals surface area (Å²) in [4.78, 5) is 0. The molecule has 0 amide bonds. The van der Waals surface area contributed by atoms with E-state index in [-0.39, 0.29) is 9.49 Å². The van der Waals surface area contributed by atoms with Crippen molar-refractivity contribution < 1.29 is 0 Å². The van der Waals surface area contributed by atoms with E-state index < -0.39 is 0 Å². The van der Waals surface area contributed by atoms with Crippen LogP contribution in [0.2, 0.25) is 0 Å². The summed E-state index contributed by atoms with van der Waals surface area (Å²) in [5.74, 6) is 5.24. The summed E-state index contributed by atoms with van der Waals surface area (Å²) >= 11 is 7.73. The lowest BCUT2D eigenvalue weighted by atomic mass is 9.76. The largest absolute Gasteiger partial charge is 0.323 e. The highest BCUT2D eigenvalue weighted by Gasteiger charge is 2.73. The van der Waals surface area contributed by atoms with Gasteiger partial charge in [0, 0.05) is 16.3 Å². The summed E-state index contributed by atoms with van der Waals surface area (Å²) in [6, 6.07) is 56.2. The molecule has 1 saturated heterocycles. The van der Waals surface area contributed by atoms with E-state index in [1.165, 1.54) is 57.0 Å². The van der Waals surface area contributed by atoms with Crippen molar-refractivity contribution in [2.75, 3.05) is 0 Å². The van der Waals surface area contributed by atoms with Crippen LogP contribution < -0.4 is 5.84 Å². The van der Waals surface area contributed by atoms with E-state index in [0.717, 1.165) is 33.8 Å². The van der Waals surface area contributed by atoms with Crippen molar-refractivity contribution in [3.05, 3.63) is 207 Å². The summed E-state index contributed by atoms with van der Waals surface area (Å²) in [7, 11) is 0. The Kier molecular flexibility index (Phi) is 8.38. The van der Waals surface area contributed by atoms with Gasteiger partial charge < -0.3 is 5.84 Å². The smallest absolute Gasteiger partial charge is 0.0866 e. The number of aryl methyl sites for hydroxylation is 2. The Labute approximate surface area is 314 Å². The molecule has 1 heterocycles. The second kappa shape index (κ2) is 13.4. The van der Waals surface area contributed by atoms with E-state index in [9.17, 15) is 0 Å². The monoisotopic (exact) mass is 706 g/mol. The molecule has 1 aliphatic heterocycles. The van der Waals surface area contributed by atoms with Crippen molar-refractivity contribution in [1.29, 1.82) is 0 Å². The van der Waals surface area contributed by atoms with Crippen LogP contribution in [0.1, 0.15) is 57.3 Å². The normalized spacial score (nSPS) is 18.7. The number of rotatable bonds is 0. The maximum absolute atomic E-state index is 5.56. The molecule has 2 spiro atoms. The molecule has 4 heteroatoms. The first kappa shape index (κ1) is 32.6. The Morgan fingerprint density at radius 3 is 1.67 bits per heavy atom. The highest BCUT2D eigenvalue weighted by atomic mass is 32.2. The van der Waals surface area contributed by atoms with Crippen molar-refractivity contribution in [2.45, 2.75) is 35.2 Å². The van der Waals surface area contributed by atoms with Crippen molar-refractivity contribution >= 4 is 63.4 Å². The minimum atomic E-state index is 0.0519. The summed E-state index contributed by atoms with van der Waals surface area (Å²) in [5, 5.41) is 8.44. The molecule has 11 rings (SSSR count). The molecule has 1 fully saturated rings. The summed E-state index contributed by atoms with van der Waals surface area (Å²) in [6.45, 7) is 0. The molecule has 52 heavy (non-hydrogen) atoms. The molecule has 0 bridgehead atoms. The van der Waals surface area contributed by atoms with Crippen LogP contribution in [0, 0.1) is 4.51 Å². The van der Waals surface area contributed by atoms with Gasteiger partial charge >= 0.3 is 0 Å². The van der Waals surface area contributed by atoms with Gasteiger partial charge in [-0.25, -0.2) is 0 Å². The lowest BCUT2D eigenvalue weighted by molar-refractivity contribution is 0.593. The van der Waals surface area contributed by atoms with Gasteiger partial charge in [-0.15, -0.1) is 11.8 Å². The molecule has 0 saturated carbocycles. The number of hydrogen-bond donors (Lipinski definition) is 1. The van der Waals surface area contributed by atoms with Crippen LogP contribution in [0.5, 0.6) is 0 Å². The van der Waals surface area contributed by atoms with Crippen LogP contribution >= 0.6 is 24.0 Å². The lowest BCUT2D eigenvalue weighted by Crippen LogP contribution is -2.23. The van der Waals surface area contributed by atoms with E-state index in [1.807, 2.05) is 30.3 Å². The van der Waals surface area contributed by atoms with Crippen LogP contribution in [0.25, 0.3) is 33.7 Å². The fourth-order valence-electron chi connectivity index (χ4n) is 8.65. The van der Waals surface area contributed by atoms with Gasteiger partial charge in [-0.3, -0.25) is 0 Å². The fourth-order valence-corrected chi connectivity index (χ4v) is 11.0. The standard InChI is InChI=1S/C24H18S.C15H10S.C9H10N2/c1-4-10-20-19(9-1)15-16-23(20)24(25-23)21-11-5-2-7-17(21)13-14-18-8-3-6-12-22(18)24;16-15-13-7-3-1-5-11(13)9-10-12-6-2-4-8-14(12)15;10-11-9-6-5-7-3-1-2-4-8(7)9/h1-14H,15-16H2;1-10H;1-4H,5-6,10H2/b;;11-9-. The Bertz CT molecular complexity index is 2510. The van der Waals surface area contributed by atoms with Gasteiger partial charge in [0.05, 0.1) is 19.7 Å². The van der Waals surface area contributed by atoms with Gasteiger partial charge in [0.1, 0.15) is 0 Å². The number of benzene rings is 6. The molecular formula is C48H38N2S2. The van der Waals surface area contributed by atoms with Crippen molar-refractivity contribution in [2.24, 2.45) is 10.9 Å². The minimum Gasteiger partial charge on any atom is -0.323 e. The van der Waals surface area contributed by atoms with E-state index in [4.69, 9.17) is 18.1 Å². The Hall–Kier alpha value is -5.29. The number of thioether (sulfide) groups is 1. The summed E-state index contributed by atoms with van der Waals surface area (Å²) in [6.07, 6.45) is 9.12. The molecule has 0 aromatic heterocycles. The number of nitrogens with zero attached hydrogens (tertiary/aromatic N) is 1. The molecule has 7 aromatic rings. The van der Waals surface area contributed by atoms with E-state index in [0.29, 0.717) is 0 Å². The minimum absolute atomic E-state index is 0.0519. The molecule has 3 aliphatic carbocycles. The maximum Gasteiger partial charge on any atom is 0.0866 e. The maximum atomic E-state index is 5.56. The fraction of sp³-hybridized carbons (Fsp3) is 0.125. The van der Waals surface area contributed by atoms with E-state index >= 15 is 0 Å². The third-order valence-electron chi connectivity index (χ3n) is 11.1. The van der Waals surface area contributed by atoms with E-state index in [1.54, 1.807) is 11.1 Å². The highest BCUT2D eigenvalue weighted by molar-refractivity contribution is 8.08. The zero-order valence-corrected chi connectivity index (χ0v) is 30.5. The average Bonchev–Trinajstić information content (AvgIpc) is 3.60. The van der Waals surface area contributed by atoms with Crippen LogP contribution in [0.15, 0.2) is 163 Å². The van der Waals surface area contributed by atoms with Crippen molar-refractivity contribution in [3.8, 4) is 0 Å². The first-order chi connectivity index (χ1) is 25.6. The number of nitrogens with two attached hydrogens (primary N) is 1. The summed E-state index contributed by atoms with van der Waals surface area (Å²) in [5.41, 5.74) is 12.5. The molecule has 4 aliphatic rings. The van der Waals surface area contributed by atoms with Gasteiger partial charge in [0.15, 0.2) is 0 Å². The van der Waals surface area contributed by atoms with Crippen LogP contribution in [0.4, 0.5) is 0 Å². The third-order valence-corrected chi connectivity index (χ3v) is 13.6. The zero-order chi connectivity index (χ0) is 35.1. The highest BCUT2D eigenvalue weighted by Crippen LogP contribution is 2.82. The third kappa shape index (κ3) is 5.32. The molecule has 2 nitrogen and oxygen atoms in total. The predicted molar refractivity (Wildman–Crippen MR) is 224 cm³/mol. The second-order valence-corrected chi connectivity index (χ2v) is 15.8. The molecule has 0 radical (unpaired) electrons. The van der Waals surface area contributed by atoms with Crippen LogP contribution in [-0.4, -0.2) is 5.71 Å². The Morgan fingerprint density at radius 2 is 1.04 bits per heavy atom. The molecule has 7 aromatic carbocycles. The summed E-state index contributed by atoms with van der Waals surface area (Å²) < 4.78 is 1.19. The van der Waals surface area contributed by atoms with Gasteiger partial charge in [-0.1, -0.05) is 182 Å². The first-order valence-electron chi connectivity index (χ1n) is 18.0. The number of fused-ring (bicyclic) bond motifs is 10. The molecular weight excluding hydrogens is 669 g/mol. The molecule has 1 atom stereocenters. The molecule has 1 unspecified atom stereocenters. The Balaban J connectivity index is 0.000000114. The SMILES string of the molecule is C1=Cc2ccccc2C2(SC23CCc2ccccc23)c2ccccc21.N/N=C1/CCc2ccccc21.S=c1c2ccccc2ccc2ccccc12.